The summed E-state index contributed by atoms with van der Waals surface area (Å²) in [5.74, 6) is 15.1. The van der Waals surface area contributed by atoms with E-state index in [0.717, 1.165) is 0 Å². The second kappa shape index (κ2) is 16.2. The minimum absolute atomic E-state index is 1.17. The van der Waals surface area contributed by atoms with Crippen LogP contribution in [0.1, 0.15) is 82.1 Å². The Kier molecular flexibility index (Phi) is 16.5. The fourth-order valence-corrected chi connectivity index (χ4v) is 3.97. The van der Waals surface area contributed by atoms with Crippen molar-refractivity contribution >= 4 is 11.7 Å². The third-order valence-electron chi connectivity index (χ3n) is 6.46. The quantitative estimate of drug-likeness (QED) is 0.351. The van der Waals surface area contributed by atoms with E-state index in [1.165, 1.54) is 81.9 Å². The van der Waals surface area contributed by atoms with Crippen molar-refractivity contribution < 1.29 is 21.7 Å². The zero-order chi connectivity index (χ0) is 23.4. The average Bonchev–Trinajstić information content (AvgIpc) is 3.09. The molecule has 162 valence electrons. The standard InChI is InChI=1S/2C11H17.C5H5N.Se.Zr/c2*1-6-11-9(4)7(2)8(3)10(11)5;1-2-4-6-5-3-1;;/h2*6H2,1-5H3;1-5H;;. The van der Waals surface area contributed by atoms with Crippen molar-refractivity contribution in [1.82, 2.24) is 4.98 Å². The molecule has 2 aliphatic carbocycles. The van der Waals surface area contributed by atoms with E-state index in [1.807, 2.05) is 18.2 Å². The number of rotatable bonds is 2. The Balaban J connectivity index is 0.000000419. The molecule has 0 atom stereocenters. The summed E-state index contributed by atoms with van der Waals surface area (Å²) < 4.78 is 0. The maximum absolute atomic E-state index is 3.78. The molecule has 1 heterocycles. The van der Waals surface area contributed by atoms with Gasteiger partial charge in [0.05, 0.1) is 0 Å². The van der Waals surface area contributed by atoms with Gasteiger partial charge in [0.25, 0.3) is 0 Å². The molecule has 2 fully saturated rings. The molecule has 2 saturated carbocycles. The molecule has 0 spiro atoms. The van der Waals surface area contributed by atoms with Crippen molar-refractivity contribution in [2.45, 2.75) is 82.1 Å². The van der Waals surface area contributed by atoms with E-state index in [-0.39, 0.29) is 0 Å². The van der Waals surface area contributed by atoms with Crippen molar-refractivity contribution in [2.24, 2.45) is 0 Å². The van der Waals surface area contributed by atoms with E-state index in [0.29, 0.717) is 0 Å². The summed E-state index contributed by atoms with van der Waals surface area (Å²) in [6.45, 7) is 22.3. The van der Waals surface area contributed by atoms with Gasteiger partial charge in [-0.15, -0.1) is 0 Å². The van der Waals surface area contributed by atoms with Crippen LogP contribution in [0.4, 0.5) is 0 Å². The fourth-order valence-electron chi connectivity index (χ4n) is 3.97. The van der Waals surface area contributed by atoms with Gasteiger partial charge in [-0.1, -0.05) is 75.3 Å². The van der Waals surface area contributed by atoms with Crippen LogP contribution in [-0.2, 0) is 21.7 Å². The first-order valence-electron chi connectivity index (χ1n) is 10.7. The Morgan fingerprint density at radius 1 is 0.533 bits per heavy atom. The first kappa shape index (κ1) is 30.6. The molecule has 1 nitrogen and oxygen atoms in total. The molecule has 2 aliphatic rings. The Labute approximate surface area is 209 Å². The van der Waals surface area contributed by atoms with Gasteiger partial charge in [-0.25, -0.2) is 0 Å². The molecule has 3 rings (SSSR count). The molecule has 0 amide bonds. The summed E-state index contributed by atoms with van der Waals surface area (Å²) in [6, 6.07) is 5.72. The summed E-state index contributed by atoms with van der Waals surface area (Å²) in [5, 5.41) is 0. The topological polar surface area (TPSA) is 12.9 Å². The van der Waals surface area contributed by atoms with Gasteiger partial charge >= 0.3 is 33.5 Å². The molecule has 0 unspecified atom stereocenters. The molecule has 0 N–H and O–H groups in total. The van der Waals surface area contributed by atoms with Gasteiger partial charge in [-0.3, -0.25) is 4.98 Å². The van der Waals surface area contributed by atoms with Gasteiger partial charge in [0, 0.05) is 12.4 Å². The molecule has 0 aromatic carbocycles. The fraction of sp³-hybridized carbons (Fsp3) is 0.444. The SMILES string of the molecule is CC[C]1[C](C)[C](C)[C](C)[C]1C.CC[C]1[C](C)[C](C)[C](C)[C]1C.[Se]=[Zr].c1ccncc1. The summed E-state index contributed by atoms with van der Waals surface area (Å²) in [4.78, 5) is 3.78. The zero-order valence-electron chi connectivity index (χ0n) is 20.7. The number of hydrogen-bond acceptors (Lipinski definition) is 1. The van der Waals surface area contributed by atoms with Crippen LogP contribution in [0.5, 0.6) is 0 Å². The maximum atomic E-state index is 3.78. The second-order valence-electron chi connectivity index (χ2n) is 7.69. The molecule has 1 aromatic rings. The van der Waals surface area contributed by atoms with E-state index in [2.05, 4.69) is 85.9 Å². The Bertz CT molecular complexity index is 452. The van der Waals surface area contributed by atoms with E-state index >= 15 is 0 Å². The molecule has 3 heteroatoms. The largest absolute Gasteiger partial charge is 0.265 e. The van der Waals surface area contributed by atoms with Gasteiger partial charge in [-0.2, -0.15) is 0 Å². The van der Waals surface area contributed by atoms with Crippen molar-refractivity contribution in [3.05, 3.63) is 89.8 Å². The number of nitrogens with zero attached hydrogens (tertiary/aromatic N) is 1. The molecule has 0 aliphatic heterocycles. The van der Waals surface area contributed by atoms with Crippen molar-refractivity contribution in [1.29, 1.82) is 0 Å². The Morgan fingerprint density at radius 3 is 0.900 bits per heavy atom. The second-order valence-corrected chi connectivity index (χ2v) is 7.69. The van der Waals surface area contributed by atoms with E-state index < -0.39 is 0 Å². The van der Waals surface area contributed by atoms with Gasteiger partial charge < -0.3 is 0 Å². The molecule has 1 aromatic heterocycles. The maximum Gasteiger partial charge on any atom is 0.0267 e. The first-order valence-corrected chi connectivity index (χ1v) is 16.7. The summed E-state index contributed by atoms with van der Waals surface area (Å²) >= 11 is 4.14. The molecule has 30 heavy (non-hydrogen) atoms. The van der Waals surface area contributed by atoms with Gasteiger partial charge in [0.15, 0.2) is 0 Å². The number of aromatic nitrogens is 1. The van der Waals surface area contributed by atoms with Gasteiger partial charge in [0.2, 0.25) is 0 Å². The van der Waals surface area contributed by atoms with Crippen molar-refractivity contribution in [2.75, 3.05) is 0 Å². The van der Waals surface area contributed by atoms with Crippen molar-refractivity contribution in [3.63, 3.8) is 0 Å². The van der Waals surface area contributed by atoms with Crippen LogP contribution in [0.2, 0.25) is 0 Å². The molecule has 10 radical (unpaired) electrons. The third kappa shape index (κ3) is 8.48. The van der Waals surface area contributed by atoms with Crippen LogP contribution in [0.3, 0.4) is 0 Å². The Hall–Kier alpha value is 0.553. The van der Waals surface area contributed by atoms with E-state index in [4.69, 9.17) is 0 Å². The average molecular weight is 548 g/mol. The molecular weight excluding hydrogens is 508 g/mol. The smallest absolute Gasteiger partial charge is 0.0267 e. The van der Waals surface area contributed by atoms with Gasteiger partial charge in [-0.05, 0) is 84.2 Å². The van der Waals surface area contributed by atoms with Crippen LogP contribution >= 0.6 is 0 Å². The van der Waals surface area contributed by atoms with E-state index in [1.54, 1.807) is 24.2 Å². The van der Waals surface area contributed by atoms with Crippen LogP contribution in [0.25, 0.3) is 0 Å². The van der Waals surface area contributed by atoms with Crippen molar-refractivity contribution in [3.8, 4) is 0 Å². The minimum Gasteiger partial charge on any atom is -0.265 e. The molecular formula is C27H39NSeZr. The van der Waals surface area contributed by atoms with Crippen LogP contribution in [0.15, 0.2) is 30.6 Å². The van der Waals surface area contributed by atoms with Gasteiger partial charge in [0.1, 0.15) is 0 Å². The summed E-state index contributed by atoms with van der Waals surface area (Å²) in [6.07, 6.45) is 5.85. The van der Waals surface area contributed by atoms with Crippen LogP contribution in [-0.4, -0.2) is 16.7 Å². The summed E-state index contributed by atoms with van der Waals surface area (Å²) in [7, 11) is 0. The zero-order valence-corrected chi connectivity index (χ0v) is 24.8. The predicted molar refractivity (Wildman–Crippen MR) is 128 cm³/mol. The number of pyridine rings is 1. The number of hydrogen-bond donors (Lipinski definition) is 0. The third-order valence-corrected chi connectivity index (χ3v) is 6.46. The predicted octanol–water partition coefficient (Wildman–Crippen LogP) is 7.42. The molecule has 0 bridgehead atoms. The molecule has 0 saturated heterocycles. The van der Waals surface area contributed by atoms with Crippen LogP contribution < -0.4 is 0 Å². The normalized spacial score (nSPS) is 21.5. The summed E-state index contributed by atoms with van der Waals surface area (Å²) in [5.41, 5.74) is 0. The van der Waals surface area contributed by atoms with E-state index in [9.17, 15) is 0 Å². The Morgan fingerprint density at radius 2 is 0.800 bits per heavy atom. The first-order chi connectivity index (χ1) is 14.2. The minimum atomic E-state index is 1.17. The van der Waals surface area contributed by atoms with Crippen LogP contribution in [0, 0.1) is 59.2 Å². The monoisotopic (exact) mass is 547 g/mol.